The van der Waals surface area contributed by atoms with Crippen LogP contribution in [0.2, 0.25) is 0 Å². The Kier molecular flexibility index (Phi) is 2.45. The number of anilines is 1. The van der Waals surface area contributed by atoms with Crippen molar-refractivity contribution in [1.82, 2.24) is 10.2 Å². The SMILES string of the molecule is Oc1ccc(CNc2cn[nH]c2)c(O)c1. The van der Waals surface area contributed by atoms with E-state index in [1.54, 1.807) is 18.5 Å². The Bertz CT molecular complexity index is 440. The molecule has 0 amide bonds. The maximum absolute atomic E-state index is 9.50. The standard InChI is InChI=1S/C10H11N3O2/c14-9-2-1-7(10(15)3-9)4-11-8-5-12-13-6-8/h1-3,5-6,11,14-15H,4H2,(H,12,13). The van der Waals surface area contributed by atoms with E-state index >= 15 is 0 Å². The number of hydrogen-bond acceptors (Lipinski definition) is 4. The topological polar surface area (TPSA) is 81.2 Å². The lowest BCUT2D eigenvalue weighted by Crippen LogP contribution is -1.98. The van der Waals surface area contributed by atoms with Gasteiger partial charge in [0.05, 0.1) is 11.9 Å². The van der Waals surface area contributed by atoms with E-state index in [4.69, 9.17) is 5.11 Å². The van der Waals surface area contributed by atoms with E-state index in [0.717, 1.165) is 5.69 Å². The van der Waals surface area contributed by atoms with Crippen molar-refractivity contribution in [1.29, 1.82) is 0 Å². The molecule has 15 heavy (non-hydrogen) atoms. The summed E-state index contributed by atoms with van der Waals surface area (Å²) in [7, 11) is 0. The van der Waals surface area contributed by atoms with Gasteiger partial charge >= 0.3 is 0 Å². The lowest BCUT2D eigenvalue weighted by Gasteiger charge is -2.06. The molecule has 1 aromatic carbocycles. The Labute approximate surface area is 86.4 Å². The summed E-state index contributed by atoms with van der Waals surface area (Å²) in [6.45, 7) is 0.478. The van der Waals surface area contributed by atoms with E-state index in [1.807, 2.05) is 0 Å². The molecule has 1 heterocycles. The van der Waals surface area contributed by atoms with Crippen molar-refractivity contribution in [2.75, 3.05) is 5.32 Å². The highest BCUT2D eigenvalue weighted by molar-refractivity contribution is 5.43. The summed E-state index contributed by atoms with van der Waals surface area (Å²) >= 11 is 0. The van der Waals surface area contributed by atoms with Crippen molar-refractivity contribution in [2.45, 2.75) is 6.54 Å². The Balaban J connectivity index is 2.05. The van der Waals surface area contributed by atoms with Crippen LogP contribution in [0.4, 0.5) is 5.69 Å². The zero-order valence-electron chi connectivity index (χ0n) is 7.94. The fourth-order valence-corrected chi connectivity index (χ4v) is 1.25. The summed E-state index contributed by atoms with van der Waals surface area (Å²) in [5.74, 6) is 0.130. The Morgan fingerprint density at radius 2 is 2.20 bits per heavy atom. The number of nitrogens with one attached hydrogen (secondary N) is 2. The van der Waals surface area contributed by atoms with E-state index in [9.17, 15) is 5.11 Å². The lowest BCUT2D eigenvalue weighted by molar-refractivity contribution is 0.446. The molecule has 1 aromatic heterocycles. The number of hydrogen-bond donors (Lipinski definition) is 4. The minimum atomic E-state index is 0.0551. The van der Waals surface area contributed by atoms with E-state index in [-0.39, 0.29) is 11.5 Å². The van der Waals surface area contributed by atoms with Crippen LogP contribution < -0.4 is 5.32 Å². The fourth-order valence-electron chi connectivity index (χ4n) is 1.25. The van der Waals surface area contributed by atoms with Crippen LogP contribution in [0.1, 0.15) is 5.56 Å². The fraction of sp³-hybridized carbons (Fsp3) is 0.100. The predicted octanol–water partition coefficient (Wildman–Crippen LogP) is 1.43. The van der Waals surface area contributed by atoms with Crippen molar-refractivity contribution in [3.63, 3.8) is 0 Å². The van der Waals surface area contributed by atoms with E-state index in [0.29, 0.717) is 12.1 Å². The molecule has 4 N–H and O–H groups in total. The summed E-state index contributed by atoms with van der Waals surface area (Å²) in [6.07, 6.45) is 3.37. The first-order valence-corrected chi connectivity index (χ1v) is 4.49. The molecule has 0 aliphatic rings. The van der Waals surface area contributed by atoms with Gasteiger partial charge in [-0.15, -0.1) is 0 Å². The molecule has 0 radical (unpaired) electrons. The molecular formula is C10H11N3O2. The minimum absolute atomic E-state index is 0.0551. The number of aromatic hydroxyl groups is 2. The summed E-state index contributed by atoms with van der Waals surface area (Å²) in [4.78, 5) is 0. The summed E-state index contributed by atoms with van der Waals surface area (Å²) in [6, 6.07) is 4.51. The second-order valence-corrected chi connectivity index (χ2v) is 3.15. The van der Waals surface area contributed by atoms with Crippen molar-refractivity contribution >= 4 is 5.69 Å². The van der Waals surface area contributed by atoms with Gasteiger partial charge in [0, 0.05) is 24.4 Å². The molecule has 0 bridgehead atoms. The van der Waals surface area contributed by atoms with Gasteiger partial charge in [-0.25, -0.2) is 0 Å². The van der Waals surface area contributed by atoms with E-state index < -0.39 is 0 Å². The van der Waals surface area contributed by atoms with Crippen molar-refractivity contribution in [3.05, 3.63) is 36.2 Å². The third-order valence-electron chi connectivity index (χ3n) is 2.05. The quantitative estimate of drug-likeness (QED) is 0.611. The summed E-state index contributed by atoms with van der Waals surface area (Å²) in [5.41, 5.74) is 1.57. The zero-order chi connectivity index (χ0) is 10.7. The molecular weight excluding hydrogens is 194 g/mol. The third-order valence-corrected chi connectivity index (χ3v) is 2.05. The highest BCUT2D eigenvalue weighted by Crippen LogP contribution is 2.23. The van der Waals surface area contributed by atoms with Crippen molar-refractivity contribution in [2.24, 2.45) is 0 Å². The van der Waals surface area contributed by atoms with Crippen LogP contribution in [-0.4, -0.2) is 20.4 Å². The number of H-pyrrole nitrogens is 1. The van der Waals surface area contributed by atoms with Crippen molar-refractivity contribution < 1.29 is 10.2 Å². The van der Waals surface area contributed by atoms with Crippen LogP contribution in [-0.2, 0) is 6.54 Å². The lowest BCUT2D eigenvalue weighted by atomic mass is 10.2. The molecule has 0 unspecified atom stereocenters. The molecule has 78 valence electrons. The molecule has 5 nitrogen and oxygen atoms in total. The molecule has 0 fully saturated rings. The van der Waals surface area contributed by atoms with Gasteiger partial charge in [-0.1, -0.05) is 0 Å². The predicted molar refractivity (Wildman–Crippen MR) is 55.7 cm³/mol. The van der Waals surface area contributed by atoms with Crippen LogP contribution in [0.5, 0.6) is 11.5 Å². The normalized spacial score (nSPS) is 10.1. The van der Waals surface area contributed by atoms with Gasteiger partial charge in [-0.3, -0.25) is 5.10 Å². The Morgan fingerprint density at radius 1 is 1.33 bits per heavy atom. The number of phenols is 2. The van der Waals surface area contributed by atoms with Gasteiger partial charge in [0.15, 0.2) is 0 Å². The smallest absolute Gasteiger partial charge is 0.124 e. The van der Waals surface area contributed by atoms with Gasteiger partial charge in [-0.05, 0) is 12.1 Å². The first-order chi connectivity index (χ1) is 7.25. The number of rotatable bonds is 3. The second-order valence-electron chi connectivity index (χ2n) is 3.15. The van der Waals surface area contributed by atoms with E-state index in [1.165, 1.54) is 12.1 Å². The number of aromatic nitrogens is 2. The van der Waals surface area contributed by atoms with E-state index in [2.05, 4.69) is 15.5 Å². The largest absolute Gasteiger partial charge is 0.508 e. The highest BCUT2D eigenvalue weighted by Gasteiger charge is 2.02. The highest BCUT2D eigenvalue weighted by atomic mass is 16.3. The second kappa shape index (κ2) is 3.91. The molecule has 0 spiro atoms. The zero-order valence-corrected chi connectivity index (χ0v) is 7.94. The summed E-state index contributed by atoms with van der Waals surface area (Å²) in [5, 5.41) is 28.1. The molecule has 0 saturated heterocycles. The van der Waals surface area contributed by atoms with Gasteiger partial charge < -0.3 is 15.5 Å². The molecule has 0 atom stereocenters. The monoisotopic (exact) mass is 205 g/mol. The first kappa shape index (κ1) is 9.39. The molecule has 5 heteroatoms. The van der Waals surface area contributed by atoms with Crippen LogP contribution >= 0.6 is 0 Å². The molecule has 0 aliphatic carbocycles. The van der Waals surface area contributed by atoms with Crippen LogP contribution in [0.15, 0.2) is 30.6 Å². The van der Waals surface area contributed by atoms with Crippen LogP contribution in [0, 0.1) is 0 Å². The minimum Gasteiger partial charge on any atom is -0.508 e. The Morgan fingerprint density at radius 3 is 2.87 bits per heavy atom. The number of aromatic amines is 1. The average molecular weight is 205 g/mol. The molecule has 0 aliphatic heterocycles. The molecule has 2 rings (SSSR count). The van der Waals surface area contributed by atoms with Gasteiger partial charge in [0.2, 0.25) is 0 Å². The van der Waals surface area contributed by atoms with Crippen LogP contribution in [0.3, 0.4) is 0 Å². The number of benzene rings is 1. The van der Waals surface area contributed by atoms with Gasteiger partial charge in [0.25, 0.3) is 0 Å². The molecule has 0 saturated carbocycles. The number of nitrogens with zero attached hydrogens (tertiary/aromatic N) is 1. The van der Waals surface area contributed by atoms with Crippen LogP contribution in [0.25, 0.3) is 0 Å². The first-order valence-electron chi connectivity index (χ1n) is 4.49. The number of phenolic OH excluding ortho intramolecular Hbond substituents is 2. The third kappa shape index (κ3) is 2.19. The molecule has 2 aromatic rings. The van der Waals surface area contributed by atoms with Gasteiger partial charge in [0.1, 0.15) is 11.5 Å². The maximum Gasteiger partial charge on any atom is 0.124 e. The average Bonchev–Trinajstić information content (AvgIpc) is 2.69. The summed E-state index contributed by atoms with van der Waals surface area (Å²) < 4.78 is 0. The Hall–Kier alpha value is -2.17. The maximum atomic E-state index is 9.50. The van der Waals surface area contributed by atoms with Gasteiger partial charge in [-0.2, -0.15) is 5.10 Å². The van der Waals surface area contributed by atoms with Crippen molar-refractivity contribution in [3.8, 4) is 11.5 Å².